The van der Waals surface area contributed by atoms with Gasteiger partial charge in [0.05, 0.1) is 34.5 Å². The van der Waals surface area contributed by atoms with Crippen LogP contribution in [0.25, 0.3) is 60.5 Å². The van der Waals surface area contributed by atoms with E-state index in [9.17, 15) is 0 Å². The molecule has 2 aliphatic rings. The summed E-state index contributed by atoms with van der Waals surface area (Å²) in [7, 11) is 0. The van der Waals surface area contributed by atoms with Gasteiger partial charge in [0.2, 0.25) is 0 Å². The van der Waals surface area contributed by atoms with Gasteiger partial charge in [-0.15, -0.1) is 0 Å². The Kier molecular flexibility index (Phi) is 5.11. The van der Waals surface area contributed by atoms with Crippen molar-refractivity contribution in [2.24, 2.45) is 0 Å². The summed E-state index contributed by atoms with van der Waals surface area (Å²) in [6.07, 6.45) is 0. The molecule has 0 saturated heterocycles. The van der Waals surface area contributed by atoms with Crippen LogP contribution in [0.4, 0.5) is 11.4 Å². The lowest BCUT2D eigenvalue weighted by Crippen LogP contribution is -2.30. The molecule has 3 nitrogen and oxygen atoms in total. The molecule has 0 amide bonds. The van der Waals surface area contributed by atoms with Gasteiger partial charge < -0.3 is 15.2 Å². The molecule has 1 aromatic heterocycles. The number of aromatic nitrogens is 1. The first-order valence-electron chi connectivity index (χ1n) is 15.7. The van der Waals surface area contributed by atoms with Crippen molar-refractivity contribution in [2.45, 2.75) is 12.1 Å². The van der Waals surface area contributed by atoms with Gasteiger partial charge in [0.1, 0.15) is 0 Å². The summed E-state index contributed by atoms with van der Waals surface area (Å²) in [6, 6.07) is 55.5. The summed E-state index contributed by atoms with van der Waals surface area (Å²) >= 11 is 0. The number of hydrogen-bond acceptors (Lipinski definition) is 2. The summed E-state index contributed by atoms with van der Waals surface area (Å²) in [5.74, 6) is 0. The van der Waals surface area contributed by atoms with E-state index in [1.54, 1.807) is 0 Å². The monoisotopic (exact) mass is 575 g/mol. The molecule has 1 aliphatic heterocycles. The first-order valence-corrected chi connectivity index (χ1v) is 15.7. The van der Waals surface area contributed by atoms with Crippen molar-refractivity contribution in [2.75, 3.05) is 10.6 Å². The summed E-state index contributed by atoms with van der Waals surface area (Å²) < 4.78 is 2.45. The number of nitrogens with one attached hydrogen (secondary N) is 2. The molecular weight excluding hydrogens is 546 g/mol. The largest absolute Gasteiger partial charge is 0.374 e. The van der Waals surface area contributed by atoms with Gasteiger partial charge in [-0.05, 0) is 74.5 Å². The second-order valence-corrected chi connectivity index (χ2v) is 12.2. The average molecular weight is 576 g/mol. The molecule has 10 rings (SSSR count). The van der Waals surface area contributed by atoms with Crippen molar-refractivity contribution in [3.63, 3.8) is 0 Å². The highest BCUT2D eigenvalue weighted by Gasteiger charge is 2.31. The predicted octanol–water partition coefficient (Wildman–Crippen LogP) is 10.9. The lowest BCUT2D eigenvalue weighted by atomic mass is 9.90. The average Bonchev–Trinajstić information content (AvgIpc) is 3.39. The number of fused-ring (bicyclic) bond motifs is 3. The van der Waals surface area contributed by atoms with Gasteiger partial charge in [-0.3, -0.25) is 0 Å². The summed E-state index contributed by atoms with van der Waals surface area (Å²) in [5, 5.41) is 13.1. The SMILES string of the molecule is c1ccc(C2Nc3ccc(-n4c5cccc6c5c5c(cccc54)-c4cccc5cccc-6c45)cc3NC2c2ccccc2)cc1. The highest BCUT2D eigenvalue weighted by atomic mass is 15.1. The summed E-state index contributed by atoms with van der Waals surface area (Å²) in [6.45, 7) is 0. The Hall–Kier alpha value is -5.80. The van der Waals surface area contributed by atoms with Crippen LogP contribution in [-0.4, -0.2) is 4.57 Å². The molecule has 3 heteroatoms. The molecule has 2 heterocycles. The van der Waals surface area contributed by atoms with Crippen molar-refractivity contribution in [3.05, 3.63) is 163 Å². The first kappa shape index (κ1) is 24.6. The minimum Gasteiger partial charge on any atom is -0.374 e. The third kappa shape index (κ3) is 3.52. The van der Waals surface area contributed by atoms with Crippen LogP contribution >= 0.6 is 0 Å². The number of anilines is 2. The van der Waals surface area contributed by atoms with Gasteiger partial charge in [0.15, 0.2) is 0 Å². The van der Waals surface area contributed by atoms with Crippen LogP contribution in [0.2, 0.25) is 0 Å². The smallest absolute Gasteiger partial charge is 0.0758 e. The topological polar surface area (TPSA) is 29.0 Å². The van der Waals surface area contributed by atoms with Crippen LogP contribution in [0.3, 0.4) is 0 Å². The van der Waals surface area contributed by atoms with Crippen LogP contribution in [0.15, 0.2) is 152 Å². The minimum absolute atomic E-state index is 0.0790. The van der Waals surface area contributed by atoms with Gasteiger partial charge in [-0.2, -0.15) is 0 Å². The van der Waals surface area contributed by atoms with E-state index in [1.807, 2.05) is 0 Å². The van der Waals surface area contributed by atoms with E-state index < -0.39 is 0 Å². The van der Waals surface area contributed by atoms with Crippen molar-refractivity contribution >= 4 is 44.0 Å². The fourth-order valence-electron chi connectivity index (χ4n) is 7.92. The van der Waals surface area contributed by atoms with Crippen LogP contribution in [0.1, 0.15) is 23.2 Å². The van der Waals surface area contributed by atoms with E-state index in [-0.39, 0.29) is 12.1 Å². The first-order chi connectivity index (χ1) is 22.3. The Bertz CT molecular complexity index is 2340. The summed E-state index contributed by atoms with van der Waals surface area (Å²) in [4.78, 5) is 0. The van der Waals surface area contributed by atoms with Crippen molar-refractivity contribution in [1.29, 1.82) is 0 Å². The maximum atomic E-state index is 3.96. The molecule has 0 radical (unpaired) electrons. The highest BCUT2D eigenvalue weighted by molar-refractivity contribution is 6.27. The summed E-state index contributed by atoms with van der Waals surface area (Å²) in [5.41, 5.74) is 13.6. The van der Waals surface area contributed by atoms with Crippen molar-refractivity contribution < 1.29 is 0 Å². The molecule has 1 aliphatic carbocycles. The van der Waals surface area contributed by atoms with Crippen molar-refractivity contribution in [3.8, 4) is 27.9 Å². The predicted molar refractivity (Wildman–Crippen MR) is 188 cm³/mol. The number of rotatable bonds is 3. The zero-order chi connectivity index (χ0) is 29.5. The standard InChI is InChI=1S/C42H29N3/c1-3-11-27(12-4-1)41-42(28-13-5-2-6-14-28)44-35-25-29(23-24-34(35)43-41)45-36-21-9-19-32-30-17-7-15-26-16-8-18-31(38(26)30)33-20-10-22-37(45)40(33)39(32)36/h1-25,41-44H. The Morgan fingerprint density at radius 1 is 0.400 bits per heavy atom. The molecule has 2 unspecified atom stereocenters. The van der Waals surface area contributed by atoms with Crippen molar-refractivity contribution in [1.82, 2.24) is 4.57 Å². The van der Waals surface area contributed by atoms with E-state index in [0.717, 1.165) is 17.1 Å². The molecule has 0 spiro atoms. The normalized spacial score (nSPS) is 16.4. The Morgan fingerprint density at radius 2 is 0.889 bits per heavy atom. The molecule has 7 aromatic carbocycles. The molecular formula is C42H29N3. The van der Waals surface area contributed by atoms with Gasteiger partial charge in [0.25, 0.3) is 0 Å². The maximum Gasteiger partial charge on any atom is 0.0758 e. The van der Waals surface area contributed by atoms with Crippen LogP contribution in [0.5, 0.6) is 0 Å². The van der Waals surface area contributed by atoms with Gasteiger partial charge in [-0.1, -0.05) is 121 Å². The van der Waals surface area contributed by atoms with Gasteiger partial charge in [-0.25, -0.2) is 0 Å². The van der Waals surface area contributed by atoms with Gasteiger partial charge in [0, 0.05) is 16.5 Å². The van der Waals surface area contributed by atoms with E-state index >= 15 is 0 Å². The fourth-order valence-corrected chi connectivity index (χ4v) is 7.92. The number of hydrogen-bond donors (Lipinski definition) is 2. The van der Waals surface area contributed by atoms with Gasteiger partial charge >= 0.3 is 0 Å². The van der Waals surface area contributed by atoms with Crippen LogP contribution < -0.4 is 10.6 Å². The molecule has 8 aromatic rings. The minimum atomic E-state index is 0.0790. The molecule has 0 saturated carbocycles. The quantitative estimate of drug-likeness (QED) is 0.219. The lowest BCUT2D eigenvalue weighted by Gasteiger charge is -2.37. The molecule has 212 valence electrons. The second-order valence-electron chi connectivity index (χ2n) is 12.2. The molecule has 45 heavy (non-hydrogen) atoms. The number of benzene rings is 7. The zero-order valence-electron chi connectivity index (χ0n) is 24.5. The number of nitrogens with zero attached hydrogens (tertiary/aromatic N) is 1. The zero-order valence-corrected chi connectivity index (χ0v) is 24.5. The third-order valence-electron chi connectivity index (χ3n) is 9.84. The van der Waals surface area contributed by atoms with Crippen LogP contribution in [0, 0.1) is 0 Å². The molecule has 0 bridgehead atoms. The molecule has 0 fully saturated rings. The third-order valence-corrected chi connectivity index (χ3v) is 9.84. The Labute approximate surface area is 261 Å². The van der Waals surface area contributed by atoms with E-state index in [0.29, 0.717) is 0 Å². The van der Waals surface area contributed by atoms with Crippen LogP contribution in [-0.2, 0) is 0 Å². The van der Waals surface area contributed by atoms with E-state index in [2.05, 4.69) is 167 Å². The maximum absolute atomic E-state index is 3.96. The Balaban J connectivity index is 1.19. The molecule has 2 N–H and O–H groups in total. The fraction of sp³-hybridized carbons (Fsp3) is 0.0476. The van der Waals surface area contributed by atoms with E-state index in [4.69, 9.17) is 0 Å². The van der Waals surface area contributed by atoms with E-state index in [1.165, 1.54) is 66.0 Å². The highest BCUT2D eigenvalue weighted by Crippen LogP contribution is 2.50. The second kappa shape index (κ2) is 9.35. The molecule has 2 atom stereocenters. The lowest BCUT2D eigenvalue weighted by molar-refractivity contribution is 0.636. The Morgan fingerprint density at radius 3 is 1.44 bits per heavy atom.